The van der Waals surface area contributed by atoms with Gasteiger partial charge in [0.25, 0.3) is 0 Å². The number of fused-ring (bicyclic) bond motifs is 1. The van der Waals surface area contributed by atoms with Crippen molar-refractivity contribution in [2.75, 3.05) is 6.54 Å². The summed E-state index contributed by atoms with van der Waals surface area (Å²) < 4.78 is 0. The third kappa shape index (κ3) is 4.57. The van der Waals surface area contributed by atoms with Gasteiger partial charge in [-0.15, -0.1) is 0 Å². The fourth-order valence-electron chi connectivity index (χ4n) is 2.96. The second-order valence-electron chi connectivity index (χ2n) is 6.44. The molecule has 24 heavy (non-hydrogen) atoms. The van der Waals surface area contributed by atoms with E-state index in [1.807, 2.05) is 38.1 Å². The van der Waals surface area contributed by atoms with Crippen molar-refractivity contribution in [1.82, 2.24) is 10.2 Å². The number of amides is 2. The van der Waals surface area contributed by atoms with E-state index in [1.54, 1.807) is 4.90 Å². The second-order valence-corrected chi connectivity index (χ2v) is 6.44. The lowest BCUT2D eigenvalue weighted by Crippen LogP contribution is -2.40. The van der Waals surface area contributed by atoms with Crippen LogP contribution in [0.4, 0.5) is 0 Å². The van der Waals surface area contributed by atoms with Crippen molar-refractivity contribution in [3.05, 3.63) is 35.4 Å². The molecule has 2 N–H and O–H groups in total. The smallest absolute Gasteiger partial charge is 0.312 e. The molecule has 0 aromatic heterocycles. The molecule has 6 heteroatoms. The van der Waals surface area contributed by atoms with Gasteiger partial charge in [0.2, 0.25) is 11.8 Å². The minimum Gasteiger partial charge on any atom is -0.481 e. The zero-order valence-corrected chi connectivity index (χ0v) is 14.1. The van der Waals surface area contributed by atoms with Gasteiger partial charge in [-0.25, -0.2) is 0 Å². The van der Waals surface area contributed by atoms with Crippen LogP contribution in [0.25, 0.3) is 0 Å². The van der Waals surface area contributed by atoms with Gasteiger partial charge in [-0.3, -0.25) is 14.4 Å². The third-order valence-corrected chi connectivity index (χ3v) is 4.09. The number of hydrogen-bond donors (Lipinski definition) is 2. The van der Waals surface area contributed by atoms with E-state index in [9.17, 15) is 19.5 Å². The van der Waals surface area contributed by atoms with Gasteiger partial charge >= 0.3 is 5.97 Å². The summed E-state index contributed by atoms with van der Waals surface area (Å²) in [5.74, 6) is -1.78. The second kappa shape index (κ2) is 7.95. The summed E-state index contributed by atoms with van der Waals surface area (Å²) in [4.78, 5) is 37.1. The largest absolute Gasteiger partial charge is 0.481 e. The van der Waals surface area contributed by atoms with Crippen molar-refractivity contribution in [3.8, 4) is 0 Å². The van der Waals surface area contributed by atoms with Gasteiger partial charge in [0, 0.05) is 32.0 Å². The van der Waals surface area contributed by atoms with E-state index < -0.39 is 11.9 Å². The minimum absolute atomic E-state index is 0.0646. The molecule has 0 saturated carbocycles. The van der Waals surface area contributed by atoms with Crippen LogP contribution in [0.5, 0.6) is 0 Å². The number of carboxylic acids is 1. The fraction of sp³-hybridized carbons (Fsp3) is 0.500. The normalized spacial score (nSPS) is 16.6. The molecule has 0 radical (unpaired) electrons. The summed E-state index contributed by atoms with van der Waals surface area (Å²) in [7, 11) is 0. The number of hydrogen-bond acceptors (Lipinski definition) is 3. The molecule has 1 heterocycles. The lowest BCUT2D eigenvalue weighted by atomic mass is 9.89. The number of carboxylic acid groups (broad SMARTS) is 1. The molecule has 2 amide bonds. The molecule has 6 nitrogen and oxygen atoms in total. The molecule has 1 aromatic rings. The Balaban J connectivity index is 1.94. The molecule has 130 valence electrons. The first-order valence-electron chi connectivity index (χ1n) is 8.26. The lowest BCUT2D eigenvalue weighted by molar-refractivity contribution is -0.141. The van der Waals surface area contributed by atoms with Crippen molar-refractivity contribution in [1.29, 1.82) is 0 Å². The number of nitrogens with zero attached hydrogens (tertiary/aromatic N) is 1. The van der Waals surface area contributed by atoms with Crippen molar-refractivity contribution >= 4 is 17.8 Å². The summed E-state index contributed by atoms with van der Waals surface area (Å²) in [6.45, 7) is 4.39. The zero-order valence-electron chi connectivity index (χ0n) is 14.1. The van der Waals surface area contributed by atoms with Gasteiger partial charge in [0.1, 0.15) is 0 Å². The van der Waals surface area contributed by atoms with Crippen LogP contribution in [-0.2, 0) is 20.9 Å². The molecule has 1 unspecified atom stereocenters. The predicted octanol–water partition coefficient (Wildman–Crippen LogP) is 1.89. The monoisotopic (exact) mass is 332 g/mol. The summed E-state index contributed by atoms with van der Waals surface area (Å²) in [5, 5.41) is 12.2. The Kier molecular flexibility index (Phi) is 5.95. The van der Waals surface area contributed by atoms with E-state index in [2.05, 4.69) is 5.32 Å². The van der Waals surface area contributed by atoms with Gasteiger partial charge in [-0.1, -0.05) is 24.3 Å². The van der Waals surface area contributed by atoms with E-state index in [4.69, 9.17) is 0 Å². The van der Waals surface area contributed by atoms with E-state index in [0.29, 0.717) is 19.4 Å². The Hall–Kier alpha value is -2.37. The highest BCUT2D eigenvalue weighted by Gasteiger charge is 2.32. The van der Waals surface area contributed by atoms with E-state index >= 15 is 0 Å². The topological polar surface area (TPSA) is 86.7 Å². The molecule has 0 bridgehead atoms. The molecular formula is C18H24N2O4. The number of carbonyl (C=O) groups is 3. The van der Waals surface area contributed by atoms with Crippen molar-refractivity contribution in [2.45, 2.75) is 51.6 Å². The highest BCUT2D eigenvalue weighted by atomic mass is 16.4. The maximum Gasteiger partial charge on any atom is 0.312 e. The van der Waals surface area contributed by atoms with E-state index in [0.717, 1.165) is 11.1 Å². The molecule has 1 aliphatic rings. The van der Waals surface area contributed by atoms with Crippen LogP contribution in [0, 0.1) is 0 Å². The average Bonchev–Trinajstić information content (AvgIpc) is 2.52. The minimum atomic E-state index is -0.920. The summed E-state index contributed by atoms with van der Waals surface area (Å²) >= 11 is 0. The van der Waals surface area contributed by atoms with Crippen LogP contribution in [-0.4, -0.2) is 40.4 Å². The molecular weight excluding hydrogens is 308 g/mol. The first kappa shape index (κ1) is 18.0. The molecule has 1 aromatic carbocycles. The summed E-state index contributed by atoms with van der Waals surface area (Å²) in [6, 6.07) is 7.43. The van der Waals surface area contributed by atoms with Crippen LogP contribution in [0.2, 0.25) is 0 Å². The first-order valence-corrected chi connectivity index (χ1v) is 8.26. The van der Waals surface area contributed by atoms with Gasteiger partial charge < -0.3 is 15.3 Å². The predicted molar refractivity (Wildman–Crippen MR) is 89.4 cm³/mol. The number of aliphatic carboxylic acids is 1. The number of rotatable bonds is 6. The van der Waals surface area contributed by atoms with Crippen molar-refractivity contribution in [2.24, 2.45) is 0 Å². The molecule has 0 saturated heterocycles. The van der Waals surface area contributed by atoms with Gasteiger partial charge in [-0.05, 0) is 31.4 Å². The Bertz CT molecular complexity index is 627. The van der Waals surface area contributed by atoms with Crippen molar-refractivity contribution < 1.29 is 19.5 Å². The maximum absolute atomic E-state index is 12.4. The molecule has 1 atom stereocenters. The maximum atomic E-state index is 12.4. The Morgan fingerprint density at radius 2 is 1.96 bits per heavy atom. The zero-order chi connectivity index (χ0) is 17.7. The number of nitrogens with one attached hydrogen (secondary N) is 1. The molecule has 0 fully saturated rings. The highest BCUT2D eigenvalue weighted by molar-refractivity contribution is 5.82. The fourth-order valence-corrected chi connectivity index (χ4v) is 2.96. The standard InChI is InChI=1S/C18H24N2O4/c1-12(2)19-16(21)8-5-9-17(22)20-10-13-6-3-4-7-14(13)15(11-20)18(23)24/h3-4,6-7,12,15H,5,8-11H2,1-2H3,(H,19,21)(H,23,24). The third-order valence-electron chi connectivity index (χ3n) is 4.09. The van der Waals surface area contributed by atoms with Crippen molar-refractivity contribution in [3.63, 3.8) is 0 Å². The Labute approximate surface area is 141 Å². The molecule has 0 spiro atoms. The summed E-state index contributed by atoms with van der Waals surface area (Å²) in [5.41, 5.74) is 1.66. The van der Waals surface area contributed by atoms with Crippen LogP contribution < -0.4 is 5.32 Å². The average molecular weight is 332 g/mol. The molecule has 0 aliphatic carbocycles. The quantitative estimate of drug-likeness (QED) is 0.833. The Morgan fingerprint density at radius 1 is 1.25 bits per heavy atom. The van der Waals surface area contributed by atoms with E-state index in [1.165, 1.54) is 0 Å². The Morgan fingerprint density at radius 3 is 2.62 bits per heavy atom. The lowest BCUT2D eigenvalue weighted by Gasteiger charge is -2.33. The van der Waals surface area contributed by atoms with Gasteiger partial charge in [0.15, 0.2) is 0 Å². The number of benzene rings is 1. The van der Waals surface area contributed by atoms with Crippen LogP contribution >= 0.6 is 0 Å². The molecule has 1 aliphatic heterocycles. The van der Waals surface area contributed by atoms with Crippen LogP contribution in [0.1, 0.15) is 50.2 Å². The van der Waals surface area contributed by atoms with Gasteiger partial charge in [-0.2, -0.15) is 0 Å². The molecule has 2 rings (SSSR count). The van der Waals surface area contributed by atoms with Crippen LogP contribution in [0.3, 0.4) is 0 Å². The first-order chi connectivity index (χ1) is 11.4. The number of carbonyl (C=O) groups excluding carboxylic acids is 2. The highest BCUT2D eigenvalue weighted by Crippen LogP contribution is 2.28. The van der Waals surface area contributed by atoms with Crippen LogP contribution in [0.15, 0.2) is 24.3 Å². The van der Waals surface area contributed by atoms with E-state index in [-0.39, 0.29) is 30.8 Å². The SMILES string of the molecule is CC(C)NC(=O)CCCC(=O)N1Cc2ccccc2C(C(=O)O)C1. The summed E-state index contributed by atoms with van der Waals surface area (Å²) in [6.07, 6.45) is 1.02. The van der Waals surface area contributed by atoms with Gasteiger partial charge in [0.05, 0.1) is 5.92 Å².